The highest BCUT2D eigenvalue weighted by Crippen LogP contribution is 2.26. The van der Waals surface area contributed by atoms with E-state index in [2.05, 4.69) is 0 Å². The zero-order chi connectivity index (χ0) is 13.0. The minimum absolute atomic E-state index is 0.210. The van der Waals surface area contributed by atoms with Gasteiger partial charge in [0.2, 0.25) is 0 Å². The Hall–Kier alpha value is -2.10. The molecule has 0 N–H and O–H groups in total. The van der Waals surface area contributed by atoms with Crippen LogP contribution in [0, 0.1) is 0 Å². The quantitative estimate of drug-likeness (QED) is 0.462. The van der Waals surface area contributed by atoms with E-state index in [9.17, 15) is 9.59 Å². The third kappa shape index (κ3) is 2.77. The lowest BCUT2D eigenvalue weighted by Crippen LogP contribution is -2.01. The Balaban J connectivity index is 2.07. The van der Waals surface area contributed by atoms with Gasteiger partial charge in [0, 0.05) is 18.1 Å². The van der Waals surface area contributed by atoms with Crippen LogP contribution in [0.3, 0.4) is 0 Å². The van der Waals surface area contributed by atoms with Crippen molar-refractivity contribution in [2.45, 2.75) is 13.3 Å². The van der Waals surface area contributed by atoms with E-state index in [1.165, 1.54) is 6.08 Å². The third-order valence-electron chi connectivity index (χ3n) is 2.63. The molecule has 0 fully saturated rings. The highest BCUT2D eigenvalue weighted by atomic mass is 16.5. The molecule has 1 heterocycles. The van der Waals surface area contributed by atoms with Gasteiger partial charge in [0.15, 0.2) is 5.78 Å². The van der Waals surface area contributed by atoms with Crippen molar-refractivity contribution in [3.8, 4) is 5.75 Å². The van der Waals surface area contributed by atoms with Crippen LogP contribution in [0.1, 0.15) is 22.8 Å². The first-order valence-corrected chi connectivity index (χ1v) is 5.85. The van der Waals surface area contributed by atoms with Gasteiger partial charge in [0.1, 0.15) is 5.75 Å². The zero-order valence-electron chi connectivity index (χ0n) is 10.1. The van der Waals surface area contributed by atoms with Crippen molar-refractivity contribution in [3.05, 3.63) is 41.5 Å². The van der Waals surface area contributed by atoms with Crippen molar-refractivity contribution in [2.24, 2.45) is 0 Å². The van der Waals surface area contributed by atoms with E-state index < -0.39 is 5.97 Å². The lowest BCUT2D eigenvalue weighted by Gasteiger charge is -2.00. The number of esters is 1. The Morgan fingerprint density at radius 2 is 2.22 bits per heavy atom. The first-order chi connectivity index (χ1) is 8.70. The fourth-order valence-corrected chi connectivity index (χ4v) is 1.77. The molecule has 1 aromatic rings. The monoisotopic (exact) mass is 246 g/mol. The van der Waals surface area contributed by atoms with E-state index in [-0.39, 0.29) is 5.78 Å². The summed E-state index contributed by atoms with van der Waals surface area (Å²) in [5.74, 6) is 0.119. The fourth-order valence-electron chi connectivity index (χ4n) is 1.77. The highest BCUT2D eigenvalue weighted by molar-refractivity contribution is 6.07. The molecule has 0 saturated carbocycles. The molecule has 0 amide bonds. The van der Waals surface area contributed by atoms with Crippen molar-refractivity contribution in [1.82, 2.24) is 0 Å². The summed E-state index contributed by atoms with van der Waals surface area (Å²) in [5, 5.41) is 0. The summed E-state index contributed by atoms with van der Waals surface area (Å²) in [4.78, 5) is 22.9. The number of carbonyl (C=O) groups is 2. The molecule has 0 atom stereocenters. The second-order valence-corrected chi connectivity index (χ2v) is 3.87. The van der Waals surface area contributed by atoms with E-state index in [0.717, 1.165) is 23.8 Å². The molecule has 0 saturated heterocycles. The molecular formula is C14H14O4. The zero-order valence-corrected chi connectivity index (χ0v) is 10.1. The number of allylic oxidation sites excluding steroid dienone is 1. The van der Waals surface area contributed by atoms with Crippen molar-refractivity contribution in [2.75, 3.05) is 13.2 Å². The first-order valence-electron chi connectivity index (χ1n) is 5.85. The molecule has 18 heavy (non-hydrogen) atoms. The second-order valence-electron chi connectivity index (χ2n) is 3.87. The van der Waals surface area contributed by atoms with Gasteiger partial charge in [-0.1, -0.05) is 0 Å². The van der Waals surface area contributed by atoms with Gasteiger partial charge < -0.3 is 9.47 Å². The number of fused-ring (bicyclic) bond motifs is 1. The van der Waals surface area contributed by atoms with Gasteiger partial charge >= 0.3 is 5.97 Å². The molecule has 94 valence electrons. The molecule has 1 aliphatic heterocycles. The van der Waals surface area contributed by atoms with Crippen LogP contribution in [0.4, 0.5) is 0 Å². The standard InChI is InChI=1S/C14H14O4/c1-2-17-14(16)6-4-12(15)10-3-5-13-11(9-10)7-8-18-13/h3-6,9H,2,7-8H2,1H3/b6-4+. The molecule has 0 unspecified atom stereocenters. The summed E-state index contributed by atoms with van der Waals surface area (Å²) in [5.41, 5.74) is 1.59. The number of hydrogen-bond donors (Lipinski definition) is 0. The third-order valence-corrected chi connectivity index (χ3v) is 2.63. The van der Waals surface area contributed by atoms with Crippen LogP contribution >= 0.6 is 0 Å². The minimum Gasteiger partial charge on any atom is -0.493 e. The molecule has 0 aromatic heterocycles. The van der Waals surface area contributed by atoms with Gasteiger partial charge in [-0.05, 0) is 36.8 Å². The predicted octanol–water partition coefficient (Wildman–Crippen LogP) is 1.92. The van der Waals surface area contributed by atoms with Crippen LogP contribution in [0.25, 0.3) is 0 Å². The summed E-state index contributed by atoms with van der Waals surface area (Å²) < 4.78 is 10.1. The second kappa shape index (κ2) is 5.49. The highest BCUT2D eigenvalue weighted by Gasteiger charge is 2.13. The average Bonchev–Trinajstić information content (AvgIpc) is 2.83. The smallest absolute Gasteiger partial charge is 0.330 e. The summed E-state index contributed by atoms with van der Waals surface area (Å²) in [6, 6.07) is 5.29. The molecule has 1 aliphatic rings. The summed E-state index contributed by atoms with van der Waals surface area (Å²) >= 11 is 0. The summed E-state index contributed by atoms with van der Waals surface area (Å²) in [6.07, 6.45) is 3.20. The van der Waals surface area contributed by atoms with Crippen LogP contribution in [0.15, 0.2) is 30.4 Å². The Morgan fingerprint density at radius 1 is 1.39 bits per heavy atom. The summed E-state index contributed by atoms with van der Waals surface area (Å²) in [6.45, 7) is 2.67. The molecule has 0 spiro atoms. The van der Waals surface area contributed by atoms with Gasteiger partial charge in [-0.3, -0.25) is 4.79 Å². The lowest BCUT2D eigenvalue weighted by molar-refractivity contribution is -0.137. The van der Waals surface area contributed by atoms with Crippen molar-refractivity contribution < 1.29 is 19.1 Å². The lowest BCUT2D eigenvalue weighted by atomic mass is 10.1. The van der Waals surface area contributed by atoms with Gasteiger partial charge in [0.05, 0.1) is 13.2 Å². The minimum atomic E-state index is -0.504. The number of carbonyl (C=O) groups excluding carboxylic acids is 2. The van der Waals surface area contributed by atoms with Crippen LogP contribution in [-0.4, -0.2) is 25.0 Å². The molecule has 0 bridgehead atoms. The van der Waals surface area contributed by atoms with Gasteiger partial charge in [0.25, 0.3) is 0 Å². The van der Waals surface area contributed by atoms with E-state index in [0.29, 0.717) is 18.8 Å². The van der Waals surface area contributed by atoms with Gasteiger partial charge in [-0.25, -0.2) is 4.79 Å². The molecule has 0 aliphatic carbocycles. The topological polar surface area (TPSA) is 52.6 Å². The normalized spacial score (nSPS) is 13.2. The molecule has 4 heteroatoms. The van der Waals surface area contributed by atoms with E-state index in [1.54, 1.807) is 25.1 Å². The molecule has 4 nitrogen and oxygen atoms in total. The largest absolute Gasteiger partial charge is 0.493 e. The SMILES string of the molecule is CCOC(=O)/C=C/C(=O)c1ccc2c(c1)CCO2. The molecule has 1 aromatic carbocycles. The Labute approximate surface area is 105 Å². The fraction of sp³-hybridized carbons (Fsp3) is 0.286. The Bertz CT molecular complexity index is 503. The van der Waals surface area contributed by atoms with Crippen LogP contribution in [0.5, 0.6) is 5.75 Å². The van der Waals surface area contributed by atoms with Gasteiger partial charge in [-0.2, -0.15) is 0 Å². The maximum atomic E-state index is 11.8. The van der Waals surface area contributed by atoms with Gasteiger partial charge in [-0.15, -0.1) is 0 Å². The molecular weight excluding hydrogens is 232 g/mol. The number of ether oxygens (including phenoxy) is 2. The number of hydrogen-bond acceptors (Lipinski definition) is 4. The molecule has 2 rings (SSSR count). The van der Waals surface area contributed by atoms with Crippen molar-refractivity contribution in [1.29, 1.82) is 0 Å². The Kier molecular flexibility index (Phi) is 3.77. The first kappa shape index (κ1) is 12.4. The van der Waals surface area contributed by atoms with E-state index in [4.69, 9.17) is 9.47 Å². The maximum absolute atomic E-state index is 11.8. The average molecular weight is 246 g/mol. The number of rotatable bonds is 4. The predicted molar refractivity (Wildman–Crippen MR) is 65.7 cm³/mol. The Morgan fingerprint density at radius 3 is 3.00 bits per heavy atom. The summed E-state index contributed by atoms with van der Waals surface area (Å²) in [7, 11) is 0. The maximum Gasteiger partial charge on any atom is 0.330 e. The van der Waals surface area contributed by atoms with Crippen LogP contribution in [-0.2, 0) is 16.0 Å². The molecule has 0 radical (unpaired) electrons. The van der Waals surface area contributed by atoms with E-state index in [1.807, 2.05) is 0 Å². The van der Waals surface area contributed by atoms with Crippen molar-refractivity contribution in [3.63, 3.8) is 0 Å². The van der Waals surface area contributed by atoms with Crippen molar-refractivity contribution >= 4 is 11.8 Å². The van der Waals surface area contributed by atoms with Crippen LogP contribution in [0.2, 0.25) is 0 Å². The van der Waals surface area contributed by atoms with E-state index >= 15 is 0 Å². The van der Waals surface area contributed by atoms with Crippen LogP contribution < -0.4 is 4.74 Å². The number of ketones is 1. The number of benzene rings is 1.